The van der Waals surface area contributed by atoms with Gasteiger partial charge in [-0.1, -0.05) is 54.9 Å². The van der Waals surface area contributed by atoms with E-state index in [2.05, 4.69) is 10.2 Å². The van der Waals surface area contributed by atoms with Crippen LogP contribution in [-0.4, -0.2) is 44.4 Å². The molecule has 0 spiro atoms. The number of carbonyl (C=O) groups is 1. The Morgan fingerprint density at radius 1 is 0.933 bits per heavy atom. The Kier molecular flexibility index (Phi) is 6.79. The molecule has 0 bridgehead atoms. The van der Waals surface area contributed by atoms with Gasteiger partial charge >= 0.3 is 0 Å². The van der Waals surface area contributed by atoms with E-state index >= 15 is 0 Å². The van der Waals surface area contributed by atoms with Gasteiger partial charge in [-0.05, 0) is 42.7 Å². The number of hydrogen-bond acceptors (Lipinski definition) is 4. The molecule has 3 aromatic rings. The van der Waals surface area contributed by atoms with E-state index in [4.69, 9.17) is 0 Å². The van der Waals surface area contributed by atoms with Crippen LogP contribution in [0, 0.1) is 5.82 Å². The maximum atomic E-state index is 13.5. The molecule has 5 nitrogen and oxygen atoms in total. The van der Waals surface area contributed by atoms with Gasteiger partial charge in [0.25, 0.3) is 0 Å². The summed E-state index contributed by atoms with van der Waals surface area (Å²) in [6.07, 6.45) is 5.13. The van der Waals surface area contributed by atoms with Crippen molar-refractivity contribution in [2.75, 3.05) is 18.8 Å². The van der Waals surface area contributed by atoms with E-state index in [1.54, 1.807) is 12.1 Å². The van der Waals surface area contributed by atoms with Gasteiger partial charge in [0.15, 0.2) is 5.16 Å². The Hall–Kier alpha value is -2.67. The largest absolute Gasteiger partial charge is 0.342 e. The van der Waals surface area contributed by atoms with Crippen molar-refractivity contribution in [1.29, 1.82) is 0 Å². The van der Waals surface area contributed by atoms with E-state index in [1.807, 2.05) is 39.8 Å². The quantitative estimate of drug-likeness (QED) is 0.547. The first-order valence-corrected chi connectivity index (χ1v) is 11.3. The first kappa shape index (κ1) is 20.6. The summed E-state index contributed by atoms with van der Waals surface area (Å²) in [5, 5.41) is 9.40. The monoisotopic (exact) mass is 424 g/mol. The second-order valence-electron chi connectivity index (χ2n) is 7.46. The third-order valence-corrected chi connectivity index (χ3v) is 6.19. The minimum Gasteiger partial charge on any atom is -0.342 e. The number of carbonyl (C=O) groups excluding carboxylic acids is 1. The molecule has 0 aliphatic carbocycles. The Bertz CT molecular complexity index is 967. The molecule has 1 saturated heterocycles. The normalized spacial score (nSPS) is 14.5. The van der Waals surface area contributed by atoms with Crippen molar-refractivity contribution < 1.29 is 9.18 Å². The number of hydrogen-bond donors (Lipinski definition) is 0. The molecule has 156 valence electrons. The van der Waals surface area contributed by atoms with Crippen LogP contribution in [0.5, 0.6) is 0 Å². The maximum absolute atomic E-state index is 13.5. The van der Waals surface area contributed by atoms with Crippen LogP contribution in [0.2, 0.25) is 0 Å². The molecule has 4 rings (SSSR count). The van der Waals surface area contributed by atoms with Crippen molar-refractivity contribution in [2.45, 2.75) is 37.3 Å². The van der Waals surface area contributed by atoms with Crippen LogP contribution in [0.3, 0.4) is 0 Å². The zero-order valence-corrected chi connectivity index (χ0v) is 17.7. The molecule has 2 heterocycles. The highest BCUT2D eigenvalue weighted by atomic mass is 32.2. The van der Waals surface area contributed by atoms with Crippen LogP contribution in [0.15, 0.2) is 59.8 Å². The van der Waals surface area contributed by atoms with Crippen LogP contribution >= 0.6 is 11.8 Å². The van der Waals surface area contributed by atoms with Crippen molar-refractivity contribution in [3.8, 4) is 5.69 Å². The van der Waals surface area contributed by atoms with E-state index in [9.17, 15) is 9.18 Å². The molecule has 7 heteroatoms. The van der Waals surface area contributed by atoms with Crippen LogP contribution in [0.25, 0.3) is 5.69 Å². The lowest BCUT2D eigenvalue weighted by Gasteiger charge is -2.20. The Labute approximate surface area is 180 Å². The van der Waals surface area contributed by atoms with E-state index < -0.39 is 0 Å². The number of aromatic nitrogens is 3. The molecule has 1 fully saturated rings. The van der Waals surface area contributed by atoms with Gasteiger partial charge in [-0.2, -0.15) is 0 Å². The second-order valence-corrected chi connectivity index (χ2v) is 8.40. The first-order chi connectivity index (χ1) is 14.7. The SMILES string of the molecule is O=C(CSc1nnc(Cc2ccccc2)n1-c1ccc(F)cc1)N1CCCCCC1. The van der Waals surface area contributed by atoms with E-state index in [1.165, 1.54) is 36.7 Å². The average molecular weight is 425 g/mol. The summed E-state index contributed by atoms with van der Waals surface area (Å²) in [6, 6.07) is 16.3. The second kappa shape index (κ2) is 9.89. The third-order valence-electron chi connectivity index (χ3n) is 5.27. The van der Waals surface area contributed by atoms with Gasteiger partial charge in [0.1, 0.15) is 11.6 Å². The Balaban J connectivity index is 1.56. The number of benzene rings is 2. The van der Waals surface area contributed by atoms with Crippen molar-refractivity contribution >= 4 is 17.7 Å². The molecule has 1 aromatic heterocycles. The lowest BCUT2D eigenvalue weighted by Crippen LogP contribution is -2.33. The van der Waals surface area contributed by atoms with Crippen LogP contribution < -0.4 is 0 Å². The number of thioether (sulfide) groups is 1. The Morgan fingerprint density at radius 3 is 2.33 bits per heavy atom. The van der Waals surface area contributed by atoms with Gasteiger partial charge in [0.05, 0.1) is 5.75 Å². The summed E-state index contributed by atoms with van der Waals surface area (Å²) >= 11 is 1.39. The fraction of sp³-hybridized carbons (Fsp3) is 0.348. The molecule has 0 unspecified atom stereocenters. The third kappa shape index (κ3) is 5.08. The van der Waals surface area contributed by atoms with Gasteiger partial charge in [-0.25, -0.2) is 4.39 Å². The van der Waals surface area contributed by atoms with Gasteiger partial charge in [-0.3, -0.25) is 9.36 Å². The molecule has 0 N–H and O–H groups in total. The zero-order valence-electron chi connectivity index (χ0n) is 16.8. The molecule has 0 radical (unpaired) electrons. The highest BCUT2D eigenvalue weighted by molar-refractivity contribution is 7.99. The molecule has 0 saturated carbocycles. The van der Waals surface area contributed by atoms with Crippen LogP contribution in [0.4, 0.5) is 4.39 Å². The first-order valence-electron chi connectivity index (χ1n) is 10.4. The molecule has 1 amide bonds. The molecule has 0 atom stereocenters. The predicted octanol–water partition coefficient (Wildman–Crippen LogP) is 4.49. The van der Waals surface area contributed by atoms with Crippen molar-refractivity contribution in [2.24, 2.45) is 0 Å². The highest BCUT2D eigenvalue weighted by Crippen LogP contribution is 2.24. The summed E-state index contributed by atoms with van der Waals surface area (Å²) in [5.41, 5.74) is 1.91. The summed E-state index contributed by atoms with van der Waals surface area (Å²) in [4.78, 5) is 14.7. The fourth-order valence-electron chi connectivity index (χ4n) is 3.67. The predicted molar refractivity (Wildman–Crippen MR) is 116 cm³/mol. The standard InChI is InChI=1S/C23H25FN4OS/c24-19-10-12-20(13-11-19)28-21(16-18-8-4-3-5-9-18)25-26-23(28)30-17-22(29)27-14-6-1-2-7-15-27/h3-5,8-13H,1-2,6-7,14-17H2. The van der Waals surface area contributed by atoms with E-state index in [0.717, 1.165) is 43.0 Å². The Morgan fingerprint density at radius 2 is 1.63 bits per heavy atom. The van der Waals surface area contributed by atoms with Gasteiger partial charge < -0.3 is 4.90 Å². The summed E-state index contributed by atoms with van der Waals surface area (Å²) in [7, 11) is 0. The van der Waals surface area contributed by atoms with Crippen molar-refractivity contribution in [3.63, 3.8) is 0 Å². The number of nitrogens with zero attached hydrogens (tertiary/aromatic N) is 4. The smallest absolute Gasteiger partial charge is 0.233 e. The van der Waals surface area contributed by atoms with Gasteiger partial charge in [0.2, 0.25) is 5.91 Å². The van der Waals surface area contributed by atoms with Gasteiger partial charge in [-0.15, -0.1) is 10.2 Å². The summed E-state index contributed by atoms with van der Waals surface area (Å²) < 4.78 is 15.4. The maximum Gasteiger partial charge on any atom is 0.233 e. The van der Waals surface area contributed by atoms with E-state index in [-0.39, 0.29) is 11.7 Å². The van der Waals surface area contributed by atoms with Gasteiger partial charge in [0, 0.05) is 25.2 Å². The lowest BCUT2D eigenvalue weighted by atomic mass is 10.1. The van der Waals surface area contributed by atoms with Crippen molar-refractivity contribution in [3.05, 3.63) is 71.8 Å². The number of likely N-dealkylation sites (tertiary alicyclic amines) is 1. The topological polar surface area (TPSA) is 51.0 Å². The molecule has 30 heavy (non-hydrogen) atoms. The van der Waals surface area contributed by atoms with Crippen LogP contribution in [-0.2, 0) is 11.2 Å². The summed E-state index contributed by atoms with van der Waals surface area (Å²) in [5.74, 6) is 0.935. The fourth-order valence-corrected chi connectivity index (χ4v) is 4.55. The summed E-state index contributed by atoms with van der Waals surface area (Å²) in [6.45, 7) is 1.67. The average Bonchev–Trinajstić information content (AvgIpc) is 2.97. The minimum atomic E-state index is -0.290. The molecular formula is C23H25FN4OS. The van der Waals surface area contributed by atoms with E-state index in [0.29, 0.717) is 17.3 Å². The van der Waals surface area contributed by atoms with Crippen molar-refractivity contribution in [1.82, 2.24) is 19.7 Å². The molecule has 1 aliphatic heterocycles. The molecule has 2 aromatic carbocycles. The lowest BCUT2D eigenvalue weighted by molar-refractivity contribution is -0.128. The molecular weight excluding hydrogens is 399 g/mol. The number of amides is 1. The highest BCUT2D eigenvalue weighted by Gasteiger charge is 2.19. The molecule has 1 aliphatic rings. The van der Waals surface area contributed by atoms with Crippen LogP contribution in [0.1, 0.15) is 37.1 Å². The minimum absolute atomic E-state index is 0.139. The zero-order chi connectivity index (χ0) is 20.8. The number of rotatable bonds is 6. The number of halogens is 1.